The van der Waals surface area contributed by atoms with Crippen LogP contribution in [-0.4, -0.2) is 35.4 Å². The zero-order chi connectivity index (χ0) is 35.5. The summed E-state index contributed by atoms with van der Waals surface area (Å²) in [5.41, 5.74) is 19.0. The van der Waals surface area contributed by atoms with Crippen LogP contribution < -0.4 is 16.8 Å². The van der Waals surface area contributed by atoms with E-state index in [1.165, 1.54) is 0 Å². The first kappa shape index (κ1) is 35.7. The van der Waals surface area contributed by atoms with E-state index in [2.05, 4.69) is 78.1 Å². The second kappa shape index (κ2) is 16.8. The van der Waals surface area contributed by atoms with Gasteiger partial charge in [0.25, 0.3) is 0 Å². The maximum Gasteiger partial charge on any atom is 0.240 e. The average molecular weight is 708 g/mol. The summed E-state index contributed by atoms with van der Waals surface area (Å²) in [5, 5.41) is 2.93. The number of nitrogens with one attached hydrogen (secondary N) is 1. The lowest BCUT2D eigenvalue weighted by Gasteiger charge is -2.37. The number of primary amides is 1. The molecule has 51 heavy (non-hydrogen) atoms. The Labute approximate surface area is 308 Å². The molecule has 6 rings (SSSR count). The van der Waals surface area contributed by atoms with Crippen molar-refractivity contribution in [3.05, 3.63) is 215 Å². The summed E-state index contributed by atoms with van der Waals surface area (Å²) in [6.45, 7) is 0. The van der Waals surface area contributed by atoms with Crippen LogP contribution in [0.1, 0.15) is 33.4 Å². The summed E-state index contributed by atoms with van der Waals surface area (Å²) >= 11 is 3.17. The number of hydrogen-bond acceptors (Lipinski definition) is 5. The highest BCUT2D eigenvalue weighted by Crippen LogP contribution is 2.50. The van der Waals surface area contributed by atoms with E-state index in [-0.39, 0.29) is 11.5 Å². The standard InChI is InChI=1S/C44H41N3O2S2/c45-39(31-50-43(33-19-7-1-8-20-33,34-21-9-2-10-22-34)35-23-11-3-12-24-35)42(49)47-40(41(46)48)32-51-44(36-25-13-4-14-26-36,37-27-15-5-16-28-37)38-29-17-6-18-30-38/h1-30,39-40H,31-32,45H2,(H2,46,48)(H,47,49)/t39-,40-/m1/s1. The Bertz CT molecular complexity index is 1790. The molecule has 0 aliphatic carbocycles. The van der Waals surface area contributed by atoms with Crippen LogP contribution in [0.4, 0.5) is 0 Å². The lowest BCUT2D eigenvalue weighted by atomic mass is 9.84. The summed E-state index contributed by atoms with van der Waals surface area (Å²) in [7, 11) is 0. The van der Waals surface area contributed by atoms with Crippen LogP contribution in [0.2, 0.25) is 0 Å². The van der Waals surface area contributed by atoms with E-state index in [1.807, 2.05) is 109 Å². The van der Waals surface area contributed by atoms with Crippen LogP contribution in [-0.2, 0) is 19.1 Å². The molecule has 0 bridgehead atoms. The van der Waals surface area contributed by atoms with E-state index in [4.69, 9.17) is 11.5 Å². The fourth-order valence-corrected chi connectivity index (χ4v) is 9.57. The van der Waals surface area contributed by atoms with Crippen LogP contribution in [0.5, 0.6) is 0 Å². The highest BCUT2D eigenvalue weighted by Gasteiger charge is 2.40. The summed E-state index contributed by atoms with van der Waals surface area (Å²) in [6, 6.07) is 59.5. The van der Waals surface area contributed by atoms with Crippen molar-refractivity contribution < 1.29 is 9.59 Å². The Morgan fingerprint density at radius 2 is 0.725 bits per heavy atom. The van der Waals surface area contributed by atoms with Gasteiger partial charge in [-0.1, -0.05) is 182 Å². The van der Waals surface area contributed by atoms with Gasteiger partial charge in [0, 0.05) is 11.5 Å². The smallest absolute Gasteiger partial charge is 0.240 e. The molecular formula is C44H41N3O2S2. The molecule has 0 heterocycles. The Kier molecular flexibility index (Phi) is 11.7. The quantitative estimate of drug-likeness (QED) is 0.0950. The first-order valence-corrected chi connectivity index (χ1v) is 18.9. The molecule has 0 radical (unpaired) electrons. The third-order valence-corrected chi connectivity index (χ3v) is 12.3. The number of amides is 2. The summed E-state index contributed by atoms with van der Waals surface area (Å²) in [6.07, 6.45) is 0. The molecule has 0 fully saturated rings. The summed E-state index contributed by atoms with van der Waals surface area (Å²) < 4.78 is -1.32. The first-order chi connectivity index (χ1) is 24.9. The van der Waals surface area contributed by atoms with E-state index >= 15 is 0 Å². The average Bonchev–Trinajstić information content (AvgIpc) is 3.20. The van der Waals surface area contributed by atoms with Crippen molar-refractivity contribution in [2.75, 3.05) is 11.5 Å². The largest absolute Gasteiger partial charge is 0.368 e. The molecule has 0 aliphatic rings. The molecular weight excluding hydrogens is 667 g/mol. The van der Waals surface area contributed by atoms with E-state index in [0.717, 1.165) is 33.4 Å². The molecule has 0 saturated carbocycles. The lowest BCUT2D eigenvalue weighted by molar-refractivity contribution is -0.127. The number of hydrogen-bond donors (Lipinski definition) is 3. The highest BCUT2D eigenvalue weighted by molar-refractivity contribution is 8.01. The Morgan fingerprint density at radius 1 is 0.471 bits per heavy atom. The normalized spacial score (nSPS) is 12.8. The maximum atomic E-state index is 13.9. The van der Waals surface area contributed by atoms with Gasteiger partial charge in [-0.15, -0.1) is 23.5 Å². The maximum absolute atomic E-state index is 13.9. The molecule has 0 saturated heterocycles. The van der Waals surface area contributed by atoms with Gasteiger partial charge in [-0.05, 0) is 33.4 Å². The molecule has 6 aromatic carbocycles. The van der Waals surface area contributed by atoms with Gasteiger partial charge < -0.3 is 16.8 Å². The summed E-state index contributed by atoms with van der Waals surface area (Å²) in [4.78, 5) is 26.9. The van der Waals surface area contributed by atoms with Crippen LogP contribution in [0.15, 0.2) is 182 Å². The number of benzene rings is 6. The predicted molar refractivity (Wildman–Crippen MR) is 212 cm³/mol. The van der Waals surface area contributed by atoms with Gasteiger partial charge in [0.05, 0.1) is 15.5 Å². The predicted octanol–water partition coefficient (Wildman–Crippen LogP) is 7.73. The Morgan fingerprint density at radius 3 is 0.980 bits per heavy atom. The third kappa shape index (κ3) is 7.81. The number of rotatable bonds is 15. The molecule has 5 N–H and O–H groups in total. The SMILES string of the molecule is NC(=O)[C@@H](CSC(c1ccccc1)(c1ccccc1)c1ccccc1)NC(=O)[C@H](N)CSC(c1ccccc1)(c1ccccc1)c1ccccc1. The second-order valence-electron chi connectivity index (χ2n) is 12.3. The minimum Gasteiger partial charge on any atom is -0.368 e. The zero-order valence-electron chi connectivity index (χ0n) is 28.2. The van der Waals surface area contributed by atoms with Gasteiger partial charge in [0.1, 0.15) is 6.04 Å². The number of nitrogens with two attached hydrogens (primary N) is 2. The van der Waals surface area contributed by atoms with E-state index in [1.54, 1.807) is 23.5 Å². The lowest BCUT2D eigenvalue weighted by Crippen LogP contribution is -2.53. The van der Waals surface area contributed by atoms with Crippen molar-refractivity contribution in [3.8, 4) is 0 Å². The van der Waals surface area contributed by atoms with Gasteiger partial charge in [-0.25, -0.2) is 0 Å². The first-order valence-electron chi connectivity index (χ1n) is 16.9. The van der Waals surface area contributed by atoms with Crippen LogP contribution in [0.25, 0.3) is 0 Å². The van der Waals surface area contributed by atoms with Gasteiger partial charge in [-0.2, -0.15) is 0 Å². The monoisotopic (exact) mass is 707 g/mol. The van der Waals surface area contributed by atoms with Crippen molar-refractivity contribution in [2.45, 2.75) is 21.6 Å². The van der Waals surface area contributed by atoms with Crippen LogP contribution in [0.3, 0.4) is 0 Å². The fraction of sp³-hybridized carbons (Fsp3) is 0.136. The van der Waals surface area contributed by atoms with Gasteiger partial charge in [-0.3, -0.25) is 9.59 Å². The third-order valence-electron chi connectivity index (χ3n) is 9.02. The molecule has 2 atom stereocenters. The second-order valence-corrected chi connectivity index (χ2v) is 14.7. The molecule has 0 unspecified atom stereocenters. The molecule has 2 amide bonds. The molecule has 0 aliphatic heterocycles. The Hall–Kier alpha value is -5.08. The molecule has 6 aromatic rings. The molecule has 7 heteroatoms. The number of thioether (sulfide) groups is 2. The zero-order valence-corrected chi connectivity index (χ0v) is 29.8. The topological polar surface area (TPSA) is 98.2 Å². The van der Waals surface area contributed by atoms with E-state index < -0.39 is 33.4 Å². The van der Waals surface area contributed by atoms with E-state index in [0.29, 0.717) is 0 Å². The Balaban J connectivity index is 1.27. The van der Waals surface area contributed by atoms with Crippen molar-refractivity contribution in [1.82, 2.24) is 5.32 Å². The van der Waals surface area contributed by atoms with Gasteiger partial charge in [0.2, 0.25) is 11.8 Å². The molecule has 256 valence electrons. The number of carbonyl (C=O) groups is 2. The molecule has 0 aromatic heterocycles. The van der Waals surface area contributed by atoms with Crippen molar-refractivity contribution in [2.24, 2.45) is 11.5 Å². The minimum atomic E-state index is -0.962. The minimum absolute atomic E-state index is 0.224. The van der Waals surface area contributed by atoms with Crippen molar-refractivity contribution in [1.29, 1.82) is 0 Å². The van der Waals surface area contributed by atoms with Gasteiger partial charge >= 0.3 is 0 Å². The molecule has 5 nitrogen and oxygen atoms in total. The van der Waals surface area contributed by atoms with Gasteiger partial charge in [0.15, 0.2) is 0 Å². The van der Waals surface area contributed by atoms with Crippen LogP contribution in [0, 0.1) is 0 Å². The van der Waals surface area contributed by atoms with Crippen LogP contribution >= 0.6 is 23.5 Å². The number of carbonyl (C=O) groups excluding carboxylic acids is 2. The highest BCUT2D eigenvalue weighted by atomic mass is 32.2. The summed E-state index contributed by atoms with van der Waals surface area (Å²) in [5.74, 6) is -0.544. The van der Waals surface area contributed by atoms with E-state index in [9.17, 15) is 9.59 Å². The van der Waals surface area contributed by atoms with Crippen molar-refractivity contribution >= 4 is 35.3 Å². The molecule has 0 spiro atoms. The van der Waals surface area contributed by atoms with Crippen molar-refractivity contribution in [3.63, 3.8) is 0 Å². The fourth-order valence-electron chi connectivity index (χ4n) is 6.51.